The summed E-state index contributed by atoms with van der Waals surface area (Å²) in [6.45, 7) is -0.0355. The van der Waals surface area contributed by atoms with Gasteiger partial charge in [0.05, 0.1) is 12.2 Å². The first kappa shape index (κ1) is 33.9. The Kier molecular flexibility index (Phi) is 10.8. The number of aliphatic imine (C=N–C) groups is 1. The molecule has 0 fully saturated rings. The molecule has 0 saturated heterocycles. The van der Waals surface area contributed by atoms with Gasteiger partial charge in [0.2, 0.25) is 5.90 Å². The molecule has 5 rings (SSSR count). The summed E-state index contributed by atoms with van der Waals surface area (Å²) in [4.78, 5) is 19.2. The third-order valence-corrected chi connectivity index (χ3v) is 8.22. The van der Waals surface area contributed by atoms with Crippen LogP contribution in [0.5, 0.6) is 5.75 Å². The van der Waals surface area contributed by atoms with Crippen molar-refractivity contribution in [2.75, 3.05) is 13.2 Å². The van der Waals surface area contributed by atoms with E-state index in [0.717, 1.165) is 17.7 Å². The molecule has 1 aliphatic heterocycles. The maximum Gasteiger partial charge on any atom is 0.416 e. The lowest BCUT2D eigenvalue weighted by Gasteiger charge is -2.30. The normalized spacial score (nSPS) is 17.7. The zero-order valence-electron chi connectivity index (χ0n) is 25.0. The van der Waals surface area contributed by atoms with Gasteiger partial charge >= 0.3 is 6.18 Å². The van der Waals surface area contributed by atoms with E-state index in [9.17, 15) is 22.4 Å². The van der Waals surface area contributed by atoms with E-state index in [-0.39, 0.29) is 31.0 Å². The number of benzene rings is 4. The van der Waals surface area contributed by atoms with E-state index in [2.05, 4.69) is 21.2 Å². The molecule has 0 unspecified atom stereocenters. The Bertz CT molecular complexity index is 1750. The van der Waals surface area contributed by atoms with Crippen LogP contribution in [-0.4, -0.2) is 35.7 Å². The monoisotopic (exact) mass is 710 g/mol. The maximum atomic E-state index is 14.3. The highest BCUT2D eigenvalue weighted by Gasteiger charge is 2.53. The Morgan fingerprint density at radius 2 is 1.74 bits per heavy atom. The molecule has 2 atom stereocenters. The number of carbonyl (C=O) groups is 1. The molecule has 0 radical (unpaired) electrons. The fraction of sp³-hybridized carbons (Fsp3) is 0.222. The Hall–Kier alpha value is -4.48. The van der Waals surface area contributed by atoms with E-state index in [1.165, 1.54) is 0 Å². The summed E-state index contributed by atoms with van der Waals surface area (Å²) in [5.74, 6) is -0.927. The average Bonchev–Trinajstić information content (AvgIpc) is 3.44. The molecule has 1 heterocycles. The quantitative estimate of drug-likeness (QED) is 0.115. The van der Waals surface area contributed by atoms with Gasteiger partial charge in [0, 0.05) is 41.6 Å². The molecule has 6 nitrogen and oxygen atoms in total. The summed E-state index contributed by atoms with van der Waals surface area (Å²) in [7, 11) is 0. The van der Waals surface area contributed by atoms with Gasteiger partial charge in [-0.15, -0.1) is 0 Å². The Morgan fingerprint density at radius 3 is 2.45 bits per heavy atom. The molecule has 0 spiro atoms. The number of carbonyl (C=O) groups excluding carboxylic acids is 1. The average molecular weight is 712 g/mol. The number of aliphatic hydroxyl groups excluding tert-OH is 1. The lowest BCUT2D eigenvalue weighted by molar-refractivity contribution is -0.137. The van der Waals surface area contributed by atoms with E-state index < -0.39 is 35.1 Å². The van der Waals surface area contributed by atoms with Gasteiger partial charge in [-0.1, -0.05) is 76.6 Å². The Morgan fingerprint density at radius 1 is 1.02 bits per heavy atom. The van der Waals surface area contributed by atoms with E-state index in [0.29, 0.717) is 40.4 Å². The zero-order chi connectivity index (χ0) is 33.4. The van der Waals surface area contributed by atoms with Crippen LogP contribution in [0.1, 0.15) is 46.8 Å². The molecule has 0 saturated carbocycles. The first-order valence-corrected chi connectivity index (χ1v) is 15.6. The number of nitrogens with one attached hydrogen (secondary N) is 1. The van der Waals surface area contributed by atoms with E-state index in [1.807, 2.05) is 48.5 Å². The molecule has 4 aromatic carbocycles. The van der Waals surface area contributed by atoms with Crippen LogP contribution >= 0.6 is 15.9 Å². The number of hydrogen-bond donors (Lipinski definition) is 2. The molecule has 0 bridgehead atoms. The molecular formula is C36H31BrF4N2O4. The number of ether oxygens (including phenoxy) is 2. The number of nitrogens with zero attached hydrogens (tertiary/aromatic N) is 1. The second-order valence-corrected chi connectivity index (χ2v) is 11.7. The molecule has 11 heteroatoms. The summed E-state index contributed by atoms with van der Waals surface area (Å²) >= 11 is 3.57. The van der Waals surface area contributed by atoms with Crippen LogP contribution in [0.3, 0.4) is 0 Å². The maximum absolute atomic E-state index is 14.3. The van der Waals surface area contributed by atoms with Gasteiger partial charge in [0.15, 0.2) is 11.6 Å². The predicted molar refractivity (Wildman–Crippen MR) is 174 cm³/mol. The third-order valence-electron chi connectivity index (χ3n) is 7.49. The van der Waals surface area contributed by atoms with Crippen molar-refractivity contribution in [1.82, 2.24) is 5.32 Å². The molecule has 1 aliphatic rings. The van der Waals surface area contributed by atoms with Gasteiger partial charge in [-0.3, -0.25) is 4.79 Å². The Balaban J connectivity index is 1.54. The van der Waals surface area contributed by atoms with Crippen LogP contribution in [0.2, 0.25) is 0 Å². The third kappa shape index (κ3) is 8.28. The number of alkyl halides is 3. The Labute approximate surface area is 277 Å². The molecule has 4 aromatic rings. The standard InChI is InChI=1S/C36H31BrF4N2O4/c37-31-12-5-4-11-30(31)32-35(17-6-10-24-8-2-1-3-9-24,34(45)42-23-25-20-27(36(39,40)41)22-28(38)21-25)43-33(47-32)26-13-15-29(16-14-26)46-19-7-18-44/h1-6,8-16,20-22,32,44H,7,17-19,23H2,(H,42,45)/b10-6+/t32-,35-/m1/s1. The van der Waals surface area contributed by atoms with Crippen LogP contribution in [0.15, 0.2) is 113 Å². The largest absolute Gasteiger partial charge is 0.494 e. The molecule has 47 heavy (non-hydrogen) atoms. The van der Waals surface area contributed by atoms with Crippen LogP contribution < -0.4 is 10.1 Å². The molecule has 244 valence electrons. The summed E-state index contributed by atoms with van der Waals surface area (Å²) in [6, 6.07) is 25.8. The number of halogens is 5. The fourth-order valence-electron chi connectivity index (χ4n) is 5.17. The first-order valence-electron chi connectivity index (χ1n) is 14.8. The minimum absolute atomic E-state index is 0.00470. The van der Waals surface area contributed by atoms with Crippen LogP contribution in [0.25, 0.3) is 6.08 Å². The smallest absolute Gasteiger partial charge is 0.416 e. The van der Waals surface area contributed by atoms with Crippen molar-refractivity contribution in [2.45, 2.75) is 37.2 Å². The van der Waals surface area contributed by atoms with Crippen LogP contribution in [0.4, 0.5) is 17.6 Å². The van der Waals surface area contributed by atoms with Gasteiger partial charge in [0.25, 0.3) is 5.91 Å². The fourth-order valence-corrected chi connectivity index (χ4v) is 5.66. The van der Waals surface area contributed by atoms with E-state index in [1.54, 1.807) is 42.5 Å². The first-order chi connectivity index (χ1) is 22.6. The number of amides is 1. The lowest BCUT2D eigenvalue weighted by Crippen LogP contribution is -2.48. The van der Waals surface area contributed by atoms with Gasteiger partial charge in [0.1, 0.15) is 11.6 Å². The molecule has 1 amide bonds. The summed E-state index contributed by atoms with van der Waals surface area (Å²) in [5.41, 5.74) is -0.734. The van der Waals surface area contributed by atoms with Crippen LogP contribution in [-0.2, 0) is 22.3 Å². The van der Waals surface area contributed by atoms with Crippen molar-refractivity contribution in [2.24, 2.45) is 4.99 Å². The van der Waals surface area contributed by atoms with Crippen molar-refractivity contribution in [3.05, 3.63) is 141 Å². The molecular weight excluding hydrogens is 680 g/mol. The van der Waals surface area contributed by atoms with Crippen LogP contribution in [0, 0.1) is 5.82 Å². The lowest BCUT2D eigenvalue weighted by atomic mass is 9.84. The second-order valence-electron chi connectivity index (χ2n) is 10.9. The van der Waals surface area contributed by atoms with Crippen molar-refractivity contribution >= 4 is 33.8 Å². The highest BCUT2D eigenvalue weighted by molar-refractivity contribution is 9.10. The minimum Gasteiger partial charge on any atom is -0.494 e. The van der Waals surface area contributed by atoms with Gasteiger partial charge in [-0.05, 0) is 59.7 Å². The van der Waals surface area contributed by atoms with E-state index >= 15 is 0 Å². The van der Waals surface area contributed by atoms with Crippen molar-refractivity contribution in [3.63, 3.8) is 0 Å². The number of aliphatic hydroxyl groups is 1. The molecule has 0 aromatic heterocycles. The predicted octanol–water partition coefficient (Wildman–Crippen LogP) is 8.05. The minimum atomic E-state index is -4.76. The summed E-state index contributed by atoms with van der Waals surface area (Å²) in [6.07, 6.45) is -1.52. The van der Waals surface area contributed by atoms with Gasteiger partial charge in [-0.25, -0.2) is 9.38 Å². The number of rotatable bonds is 12. The van der Waals surface area contributed by atoms with Crippen molar-refractivity contribution < 1.29 is 36.9 Å². The highest BCUT2D eigenvalue weighted by atomic mass is 79.9. The molecule has 0 aliphatic carbocycles. The zero-order valence-corrected chi connectivity index (χ0v) is 26.6. The van der Waals surface area contributed by atoms with Gasteiger partial charge in [-0.2, -0.15) is 13.2 Å². The van der Waals surface area contributed by atoms with Crippen molar-refractivity contribution in [1.29, 1.82) is 0 Å². The topological polar surface area (TPSA) is 80.2 Å². The highest BCUT2D eigenvalue weighted by Crippen LogP contribution is 2.45. The number of hydrogen-bond acceptors (Lipinski definition) is 5. The summed E-state index contributed by atoms with van der Waals surface area (Å²) < 4.78 is 67.1. The van der Waals surface area contributed by atoms with E-state index in [4.69, 9.17) is 19.6 Å². The van der Waals surface area contributed by atoms with Crippen molar-refractivity contribution in [3.8, 4) is 5.75 Å². The molecule has 2 N–H and O–H groups in total. The SMILES string of the molecule is O=C(NCc1cc(F)cc(C(F)(F)F)c1)[C@]1(C/C=C/c2ccccc2)N=C(c2ccc(OCCCO)cc2)O[C@@H]1c1ccccc1Br. The summed E-state index contributed by atoms with van der Waals surface area (Å²) in [5, 5.41) is 11.8. The second kappa shape index (κ2) is 15.0. The van der Waals surface area contributed by atoms with Gasteiger partial charge < -0.3 is 19.9 Å².